The summed E-state index contributed by atoms with van der Waals surface area (Å²) in [5, 5.41) is 9.22. The molecular weight excluding hydrogens is 254 g/mol. The monoisotopic (exact) mass is 269 g/mol. The number of anilines is 1. The maximum Gasteiger partial charge on any atom is 0.235 e. The number of morpholine rings is 1. The van der Waals surface area contributed by atoms with Gasteiger partial charge in [0.05, 0.1) is 13.2 Å². The van der Waals surface area contributed by atoms with E-state index in [-0.39, 0.29) is 0 Å². The Morgan fingerprint density at radius 2 is 1.90 bits per heavy atom. The van der Waals surface area contributed by atoms with Gasteiger partial charge in [-0.25, -0.2) is 0 Å². The van der Waals surface area contributed by atoms with Crippen molar-refractivity contribution in [1.29, 1.82) is 5.26 Å². The third kappa shape index (κ3) is 2.38. The van der Waals surface area contributed by atoms with E-state index in [9.17, 15) is 5.26 Å². The van der Waals surface area contributed by atoms with Gasteiger partial charge in [0.1, 0.15) is 6.07 Å². The molecule has 1 aromatic heterocycles. The van der Waals surface area contributed by atoms with Gasteiger partial charge in [-0.2, -0.15) is 10.2 Å². The molecule has 3 rings (SSSR count). The summed E-state index contributed by atoms with van der Waals surface area (Å²) in [6, 6.07) is 10.0. The number of hydrogen-bond donors (Lipinski definition) is 0. The zero-order chi connectivity index (χ0) is 13.9. The van der Waals surface area contributed by atoms with E-state index in [4.69, 9.17) is 9.15 Å². The van der Waals surface area contributed by atoms with Gasteiger partial charge in [0.15, 0.2) is 0 Å². The summed E-state index contributed by atoms with van der Waals surface area (Å²) in [6.07, 6.45) is 0. The van der Waals surface area contributed by atoms with Crippen LogP contribution in [-0.2, 0) is 4.74 Å². The fourth-order valence-corrected chi connectivity index (χ4v) is 2.19. The van der Waals surface area contributed by atoms with Gasteiger partial charge in [-0.1, -0.05) is 17.7 Å². The summed E-state index contributed by atoms with van der Waals surface area (Å²) in [6.45, 7) is 4.75. The molecule has 2 aromatic rings. The fourth-order valence-electron chi connectivity index (χ4n) is 2.19. The van der Waals surface area contributed by atoms with Crippen molar-refractivity contribution in [3.05, 3.63) is 35.5 Å². The third-order valence-corrected chi connectivity index (χ3v) is 3.31. The summed E-state index contributed by atoms with van der Waals surface area (Å²) < 4.78 is 11.1. The molecule has 0 N–H and O–H groups in total. The zero-order valence-electron chi connectivity index (χ0n) is 11.3. The standard InChI is InChI=1S/C15H15N3O2/c1-11-2-4-12(5-3-11)14-17-13(10-16)15(20-14)18-6-8-19-9-7-18/h2-5H,6-9H2,1H3. The first-order chi connectivity index (χ1) is 9.78. The lowest BCUT2D eigenvalue weighted by molar-refractivity contribution is 0.121. The Balaban J connectivity index is 1.96. The Morgan fingerprint density at radius 1 is 1.20 bits per heavy atom. The molecule has 1 aromatic carbocycles. The molecule has 1 aliphatic rings. The molecule has 0 bridgehead atoms. The van der Waals surface area contributed by atoms with Crippen molar-refractivity contribution in [2.75, 3.05) is 31.2 Å². The highest BCUT2D eigenvalue weighted by Crippen LogP contribution is 2.28. The van der Waals surface area contributed by atoms with Crippen molar-refractivity contribution in [2.45, 2.75) is 6.92 Å². The van der Waals surface area contributed by atoms with Crippen molar-refractivity contribution in [3.8, 4) is 17.5 Å². The predicted molar refractivity (Wildman–Crippen MR) is 74.4 cm³/mol. The molecule has 0 saturated carbocycles. The minimum atomic E-state index is 0.336. The molecule has 0 spiro atoms. The van der Waals surface area contributed by atoms with Crippen molar-refractivity contribution in [3.63, 3.8) is 0 Å². The molecule has 102 valence electrons. The van der Waals surface area contributed by atoms with Crippen LogP contribution in [0.2, 0.25) is 0 Å². The maximum absolute atomic E-state index is 9.22. The molecule has 0 radical (unpaired) electrons. The second kappa shape index (κ2) is 5.35. The number of oxazole rings is 1. The lowest BCUT2D eigenvalue weighted by atomic mass is 10.1. The van der Waals surface area contributed by atoms with Gasteiger partial charge in [0.25, 0.3) is 0 Å². The lowest BCUT2D eigenvalue weighted by Crippen LogP contribution is -2.36. The molecular formula is C15H15N3O2. The first-order valence-corrected chi connectivity index (χ1v) is 6.58. The van der Waals surface area contributed by atoms with Gasteiger partial charge in [-0.3, -0.25) is 0 Å². The SMILES string of the molecule is Cc1ccc(-c2nc(C#N)c(N3CCOCC3)o2)cc1. The van der Waals surface area contributed by atoms with Crippen LogP contribution in [0.1, 0.15) is 11.3 Å². The normalized spacial score (nSPS) is 15.1. The Labute approximate surface area is 117 Å². The summed E-state index contributed by atoms with van der Waals surface area (Å²) in [4.78, 5) is 6.30. The lowest BCUT2D eigenvalue weighted by Gasteiger charge is -2.25. The van der Waals surface area contributed by atoms with E-state index < -0.39 is 0 Å². The van der Waals surface area contributed by atoms with Gasteiger partial charge in [0.2, 0.25) is 17.5 Å². The minimum absolute atomic E-state index is 0.336. The van der Waals surface area contributed by atoms with Crippen molar-refractivity contribution in [2.24, 2.45) is 0 Å². The molecule has 20 heavy (non-hydrogen) atoms. The van der Waals surface area contributed by atoms with Gasteiger partial charge in [0, 0.05) is 18.7 Å². The number of aromatic nitrogens is 1. The maximum atomic E-state index is 9.22. The van der Waals surface area contributed by atoms with Crippen LogP contribution >= 0.6 is 0 Å². The van der Waals surface area contributed by atoms with E-state index >= 15 is 0 Å². The van der Waals surface area contributed by atoms with Gasteiger partial charge < -0.3 is 14.1 Å². The summed E-state index contributed by atoms with van der Waals surface area (Å²) in [7, 11) is 0. The van der Waals surface area contributed by atoms with E-state index in [1.807, 2.05) is 36.1 Å². The Morgan fingerprint density at radius 3 is 2.55 bits per heavy atom. The number of benzene rings is 1. The van der Waals surface area contributed by atoms with Crippen LogP contribution in [0.5, 0.6) is 0 Å². The number of aryl methyl sites for hydroxylation is 1. The topological polar surface area (TPSA) is 62.3 Å². The van der Waals surface area contributed by atoms with Crippen molar-refractivity contribution >= 4 is 5.88 Å². The molecule has 0 amide bonds. The molecule has 1 saturated heterocycles. The Bertz CT molecular complexity index is 634. The van der Waals surface area contributed by atoms with E-state index in [2.05, 4.69) is 11.1 Å². The largest absolute Gasteiger partial charge is 0.419 e. The van der Waals surface area contributed by atoms with Crippen LogP contribution in [0.25, 0.3) is 11.5 Å². The number of ether oxygens (including phenoxy) is 1. The van der Waals surface area contributed by atoms with Crippen molar-refractivity contribution < 1.29 is 9.15 Å². The van der Waals surface area contributed by atoms with Crippen LogP contribution in [0, 0.1) is 18.3 Å². The fraction of sp³-hybridized carbons (Fsp3) is 0.333. The van der Waals surface area contributed by atoms with Crippen LogP contribution in [0.4, 0.5) is 5.88 Å². The summed E-state index contributed by atoms with van der Waals surface area (Å²) in [5.74, 6) is 1.04. The van der Waals surface area contributed by atoms with E-state index in [1.165, 1.54) is 5.56 Å². The highest BCUT2D eigenvalue weighted by atomic mass is 16.5. The molecule has 0 unspecified atom stereocenters. The first kappa shape index (κ1) is 12.7. The highest BCUT2D eigenvalue weighted by Gasteiger charge is 2.22. The van der Waals surface area contributed by atoms with E-state index in [0.29, 0.717) is 30.7 Å². The Hall–Kier alpha value is -2.32. The van der Waals surface area contributed by atoms with Gasteiger partial charge in [-0.05, 0) is 19.1 Å². The van der Waals surface area contributed by atoms with Gasteiger partial charge in [-0.15, -0.1) is 0 Å². The smallest absolute Gasteiger partial charge is 0.235 e. The molecule has 0 atom stereocenters. The van der Waals surface area contributed by atoms with E-state index in [1.54, 1.807) is 0 Å². The number of rotatable bonds is 2. The quantitative estimate of drug-likeness (QED) is 0.837. The second-order valence-electron chi connectivity index (χ2n) is 4.75. The highest BCUT2D eigenvalue weighted by molar-refractivity contribution is 5.59. The second-order valence-corrected chi connectivity index (χ2v) is 4.75. The third-order valence-electron chi connectivity index (χ3n) is 3.31. The minimum Gasteiger partial charge on any atom is -0.419 e. The molecule has 5 nitrogen and oxygen atoms in total. The number of nitrogens with zero attached hydrogens (tertiary/aromatic N) is 3. The van der Waals surface area contributed by atoms with Crippen LogP contribution in [0.15, 0.2) is 28.7 Å². The predicted octanol–water partition coefficient (Wildman–Crippen LogP) is 2.36. The average molecular weight is 269 g/mol. The molecule has 1 fully saturated rings. The zero-order valence-corrected chi connectivity index (χ0v) is 11.3. The molecule has 1 aliphatic heterocycles. The molecule has 5 heteroatoms. The Kier molecular flexibility index (Phi) is 3.40. The first-order valence-electron chi connectivity index (χ1n) is 6.58. The van der Waals surface area contributed by atoms with Gasteiger partial charge >= 0.3 is 0 Å². The summed E-state index contributed by atoms with van der Waals surface area (Å²) >= 11 is 0. The number of nitriles is 1. The molecule has 2 heterocycles. The molecule has 0 aliphatic carbocycles. The van der Waals surface area contributed by atoms with Crippen LogP contribution in [0.3, 0.4) is 0 Å². The van der Waals surface area contributed by atoms with Crippen molar-refractivity contribution in [1.82, 2.24) is 4.98 Å². The average Bonchev–Trinajstić information content (AvgIpc) is 2.93. The summed E-state index contributed by atoms with van der Waals surface area (Å²) in [5.41, 5.74) is 2.39. The van der Waals surface area contributed by atoms with E-state index in [0.717, 1.165) is 18.7 Å². The number of hydrogen-bond acceptors (Lipinski definition) is 5. The van der Waals surface area contributed by atoms with Crippen LogP contribution in [-0.4, -0.2) is 31.3 Å². The van der Waals surface area contributed by atoms with Crippen LogP contribution < -0.4 is 4.90 Å².